The lowest BCUT2D eigenvalue weighted by molar-refractivity contribution is -0.0947. The summed E-state index contributed by atoms with van der Waals surface area (Å²) in [6, 6.07) is 10.4. The van der Waals surface area contributed by atoms with Gasteiger partial charge in [-0.3, -0.25) is 0 Å². The maximum atomic E-state index is 10.9. The Labute approximate surface area is 122 Å². The van der Waals surface area contributed by atoms with Crippen LogP contribution in [0.5, 0.6) is 0 Å². The van der Waals surface area contributed by atoms with Gasteiger partial charge in [0.1, 0.15) is 5.60 Å². The first-order valence-corrected chi connectivity index (χ1v) is 10.2. The summed E-state index contributed by atoms with van der Waals surface area (Å²) in [6.07, 6.45) is -0.756. The highest BCUT2D eigenvalue weighted by Gasteiger charge is 2.63. The van der Waals surface area contributed by atoms with Gasteiger partial charge in [0, 0.05) is 5.04 Å². The highest BCUT2D eigenvalue weighted by molar-refractivity contribution is 6.92. The SMILES string of the molecule is C[C@H]1O[C@@](C)(CO)[C@@H](O)[C@]1(C)[Si](C)(C)c1ccccc1. The van der Waals surface area contributed by atoms with Crippen molar-refractivity contribution in [3.63, 3.8) is 0 Å². The maximum Gasteiger partial charge on any atom is 0.115 e. The maximum absolute atomic E-state index is 10.9. The molecule has 1 aromatic carbocycles. The molecule has 1 aliphatic rings. The van der Waals surface area contributed by atoms with Crippen LogP contribution >= 0.6 is 0 Å². The lowest BCUT2D eigenvalue weighted by Gasteiger charge is -2.45. The van der Waals surface area contributed by atoms with Crippen molar-refractivity contribution in [1.29, 1.82) is 0 Å². The first-order chi connectivity index (χ1) is 9.20. The predicted molar refractivity (Wildman–Crippen MR) is 84.0 cm³/mol. The minimum absolute atomic E-state index is 0.0866. The molecule has 4 heteroatoms. The molecule has 0 saturated carbocycles. The quantitative estimate of drug-likeness (QED) is 0.837. The molecule has 0 bridgehead atoms. The molecule has 0 aliphatic carbocycles. The molecule has 1 heterocycles. The standard InChI is InChI=1S/C16H26O3Si/c1-12-16(3,14(18)15(2,11-17)19-12)20(4,5)13-9-7-6-8-10-13/h6-10,12,14,17-18H,11H2,1-5H3/t12-,14-,15+,16-/m1/s1. The molecule has 20 heavy (non-hydrogen) atoms. The molecule has 2 rings (SSSR count). The molecule has 0 radical (unpaired) electrons. The van der Waals surface area contributed by atoms with E-state index in [1.54, 1.807) is 6.92 Å². The van der Waals surface area contributed by atoms with Crippen LogP contribution in [0.2, 0.25) is 18.1 Å². The summed E-state index contributed by atoms with van der Waals surface area (Å²) < 4.78 is 5.97. The Balaban J connectivity index is 2.49. The molecule has 2 N–H and O–H groups in total. The van der Waals surface area contributed by atoms with E-state index in [2.05, 4.69) is 32.2 Å². The van der Waals surface area contributed by atoms with Crippen molar-refractivity contribution < 1.29 is 14.9 Å². The Morgan fingerprint density at radius 1 is 1.20 bits per heavy atom. The van der Waals surface area contributed by atoms with Gasteiger partial charge in [-0.05, 0) is 13.8 Å². The monoisotopic (exact) mass is 294 g/mol. The molecule has 0 spiro atoms. The van der Waals surface area contributed by atoms with Crippen molar-refractivity contribution in [2.75, 3.05) is 6.61 Å². The van der Waals surface area contributed by atoms with Gasteiger partial charge >= 0.3 is 0 Å². The Bertz CT molecular complexity index is 476. The van der Waals surface area contributed by atoms with E-state index >= 15 is 0 Å². The minimum atomic E-state index is -1.99. The second kappa shape index (κ2) is 4.95. The van der Waals surface area contributed by atoms with E-state index in [9.17, 15) is 10.2 Å². The van der Waals surface area contributed by atoms with Crippen LogP contribution in [0.4, 0.5) is 0 Å². The van der Waals surface area contributed by atoms with Gasteiger partial charge < -0.3 is 14.9 Å². The topological polar surface area (TPSA) is 49.7 Å². The zero-order chi connectivity index (χ0) is 15.2. The molecular weight excluding hydrogens is 268 g/mol. The van der Waals surface area contributed by atoms with Crippen LogP contribution in [0.15, 0.2) is 30.3 Å². The number of benzene rings is 1. The fourth-order valence-electron chi connectivity index (χ4n) is 3.59. The lowest BCUT2D eigenvalue weighted by atomic mass is 9.90. The van der Waals surface area contributed by atoms with E-state index in [1.165, 1.54) is 5.19 Å². The number of aliphatic hydroxyl groups is 2. The molecule has 0 aromatic heterocycles. The van der Waals surface area contributed by atoms with Gasteiger partial charge in [-0.25, -0.2) is 0 Å². The normalized spacial score (nSPS) is 38.1. The Morgan fingerprint density at radius 3 is 2.20 bits per heavy atom. The molecule has 1 saturated heterocycles. The summed E-state index contributed by atoms with van der Waals surface area (Å²) >= 11 is 0. The molecule has 3 nitrogen and oxygen atoms in total. The number of hydrogen-bond donors (Lipinski definition) is 2. The average molecular weight is 294 g/mol. The lowest BCUT2D eigenvalue weighted by Crippen LogP contribution is -2.60. The first kappa shape index (κ1) is 15.7. The van der Waals surface area contributed by atoms with Gasteiger partial charge in [0.2, 0.25) is 0 Å². The summed E-state index contributed by atoms with van der Waals surface area (Å²) in [5, 5.41) is 21.5. The van der Waals surface area contributed by atoms with Crippen molar-refractivity contribution in [2.24, 2.45) is 0 Å². The van der Waals surface area contributed by atoms with Crippen LogP contribution in [-0.4, -0.2) is 42.7 Å². The summed E-state index contributed by atoms with van der Waals surface area (Å²) in [7, 11) is -1.99. The Kier molecular flexibility index (Phi) is 3.88. The van der Waals surface area contributed by atoms with E-state index in [1.807, 2.05) is 25.1 Å². The molecule has 1 fully saturated rings. The van der Waals surface area contributed by atoms with Crippen LogP contribution in [-0.2, 0) is 4.74 Å². The van der Waals surface area contributed by atoms with E-state index in [4.69, 9.17) is 4.74 Å². The molecule has 112 valence electrons. The molecule has 4 atom stereocenters. The second-order valence-electron chi connectivity index (χ2n) is 6.91. The third-order valence-corrected chi connectivity index (χ3v) is 10.7. The molecule has 1 aromatic rings. The smallest absolute Gasteiger partial charge is 0.115 e. The van der Waals surface area contributed by atoms with E-state index in [0.29, 0.717) is 0 Å². The van der Waals surface area contributed by atoms with E-state index in [-0.39, 0.29) is 17.7 Å². The largest absolute Gasteiger partial charge is 0.393 e. The van der Waals surface area contributed by atoms with E-state index < -0.39 is 19.8 Å². The molecule has 0 amide bonds. The third kappa shape index (κ3) is 1.97. The average Bonchev–Trinajstić information content (AvgIpc) is 2.62. The van der Waals surface area contributed by atoms with Crippen LogP contribution in [0.3, 0.4) is 0 Å². The zero-order valence-electron chi connectivity index (χ0n) is 13.1. The van der Waals surface area contributed by atoms with Gasteiger partial charge in [0.25, 0.3) is 0 Å². The Hall–Kier alpha value is -0.683. The van der Waals surface area contributed by atoms with Gasteiger partial charge in [-0.15, -0.1) is 0 Å². The fourth-order valence-corrected chi connectivity index (χ4v) is 7.30. The summed E-state index contributed by atoms with van der Waals surface area (Å²) in [4.78, 5) is 0. The predicted octanol–water partition coefficient (Wildman–Crippen LogP) is 1.89. The van der Waals surface area contributed by atoms with Crippen LogP contribution < -0.4 is 5.19 Å². The van der Waals surface area contributed by atoms with Gasteiger partial charge in [-0.1, -0.05) is 55.5 Å². The van der Waals surface area contributed by atoms with Crippen molar-refractivity contribution in [3.05, 3.63) is 30.3 Å². The Morgan fingerprint density at radius 2 is 1.75 bits per heavy atom. The van der Waals surface area contributed by atoms with Crippen LogP contribution in [0, 0.1) is 0 Å². The van der Waals surface area contributed by atoms with Gasteiger partial charge in [0.05, 0.1) is 26.9 Å². The fraction of sp³-hybridized carbons (Fsp3) is 0.625. The van der Waals surface area contributed by atoms with Crippen LogP contribution in [0.1, 0.15) is 20.8 Å². The second-order valence-corrected chi connectivity index (χ2v) is 11.8. The number of aliphatic hydroxyl groups excluding tert-OH is 2. The summed E-state index contributed by atoms with van der Waals surface area (Å²) in [5.74, 6) is 0. The minimum Gasteiger partial charge on any atom is -0.393 e. The molecule has 1 aliphatic heterocycles. The molecular formula is C16H26O3Si. The van der Waals surface area contributed by atoms with Crippen molar-refractivity contribution in [3.8, 4) is 0 Å². The number of rotatable bonds is 3. The van der Waals surface area contributed by atoms with Crippen LogP contribution in [0.25, 0.3) is 0 Å². The van der Waals surface area contributed by atoms with Crippen molar-refractivity contribution >= 4 is 13.3 Å². The summed E-state index contributed by atoms with van der Waals surface area (Å²) in [6.45, 7) is 10.3. The number of hydrogen-bond acceptors (Lipinski definition) is 3. The molecule has 0 unspecified atom stereocenters. The van der Waals surface area contributed by atoms with E-state index in [0.717, 1.165) is 0 Å². The summed E-state index contributed by atoms with van der Waals surface area (Å²) in [5.41, 5.74) is -0.868. The van der Waals surface area contributed by atoms with Crippen molar-refractivity contribution in [2.45, 2.75) is 56.7 Å². The zero-order valence-corrected chi connectivity index (χ0v) is 14.1. The highest BCUT2D eigenvalue weighted by atomic mass is 28.3. The first-order valence-electron chi connectivity index (χ1n) is 7.22. The highest BCUT2D eigenvalue weighted by Crippen LogP contribution is 2.55. The van der Waals surface area contributed by atoms with Gasteiger partial charge in [-0.2, -0.15) is 0 Å². The number of ether oxygens (including phenoxy) is 1. The third-order valence-electron chi connectivity index (χ3n) is 5.59. The van der Waals surface area contributed by atoms with Crippen molar-refractivity contribution in [1.82, 2.24) is 0 Å². The van der Waals surface area contributed by atoms with Gasteiger partial charge in [0.15, 0.2) is 0 Å².